The minimum absolute atomic E-state index is 0.0796. The molecule has 0 aromatic heterocycles. The monoisotopic (exact) mass is 251 g/mol. The molecule has 0 fully saturated rings. The van der Waals surface area contributed by atoms with E-state index in [4.69, 9.17) is 4.74 Å². The lowest BCUT2D eigenvalue weighted by molar-refractivity contribution is -0.152. The second-order valence-electron chi connectivity index (χ2n) is 3.20. The number of hydrogen-bond donors (Lipinski definition) is 1. The number of esters is 1. The van der Waals surface area contributed by atoms with Gasteiger partial charge in [-0.1, -0.05) is 12.1 Å². The fourth-order valence-electron chi connectivity index (χ4n) is 1.23. The summed E-state index contributed by atoms with van der Waals surface area (Å²) < 4.78 is 9.48. The van der Waals surface area contributed by atoms with Crippen LogP contribution in [-0.4, -0.2) is 25.6 Å². The van der Waals surface area contributed by atoms with Gasteiger partial charge in [-0.2, -0.15) is 0 Å². The lowest BCUT2D eigenvalue weighted by Gasteiger charge is -2.06. The summed E-state index contributed by atoms with van der Waals surface area (Å²) in [5.41, 5.74) is -0.560. The van der Waals surface area contributed by atoms with Gasteiger partial charge in [0, 0.05) is 0 Å². The Balaban J connectivity index is 3.05. The predicted molar refractivity (Wildman–Crippen MR) is 64.5 cm³/mol. The highest BCUT2D eigenvalue weighted by Gasteiger charge is 2.18. The van der Waals surface area contributed by atoms with Gasteiger partial charge in [0.2, 0.25) is 5.43 Å². The van der Waals surface area contributed by atoms with E-state index in [-0.39, 0.29) is 18.0 Å². The smallest absolute Gasteiger partial charge is 0.397 e. The van der Waals surface area contributed by atoms with Crippen LogP contribution >= 0.6 is 0 Å². The number of nitrogens with one attached hydrogen (secondary N) is 1. The zero-order chi connectivity index (χ0) is 13.5. The first-order valence-corrected chi connectivity index (χ1v) is 5.25. The van der Waals surface area contributed by atoms with Crippen molar-refractivity contribution in [1.29, 1.82) is 0 Å². The number of carbonyl (C=O) groups is 2. The van der Waals surface area contributed by atoms with E-state index >= 15 is 0 Å². The van der Waals surface area contributed by atoms with Crippen molar-refractivity contribution in [2.45, 2.75) is 6.92 Å². The number of rotatable bonds is 3. The molecular weight excluding hydrogens is 238 g/mol. The fraction of sp³-hybridized carbons (Fsp3) is 0.250. The molecule has 0 saturated carbocycles. The van der Waals surface area contributed by atoms with Crippen molar-refractivity contribution < 1.29 is 19.1 Å². The summed E-state index contributed by atoms with van der Waals surface area (Å²) in [6.45, 7) is 1.66. The summed E-state index contributed by atoms with van der Waals surface area (Å²) in [5.74, 6) is -1.90. The van der Waals surface area contributed by atoms with Crippen molar-refractivity contribution >= 4 is 17.6 Å². The fourth-order valence-corrected chi connectivity index (χ4v) is 1.23. The van der Waals surface area contributed by atoms with Crippen molar-refractivity contribution in [1.82, 2.24) is 0 Å². The Labute approximate surface area is 104 Å². The van der Waals surface area contributed by atoms with Gasteiger partial charge in [-0.3, -0.25) is 9.59 Å². The van der Waals surface area contributed by atoms with Gasteiger partial charge in [0.15, 0.2) is 0 Å². The van der Waals surface area contributed by atoms with Crippen LogP contribution < -0.4 is 15.5 Å². The summed E-state index contributed by atoms with van der Waals surface area (Å²) in [6, 6.07) is 5.84. The molecule has 6 nitrogen and oxygen atoms in total. The normalized spacial score (nSPS) is 9.44. The Morgan fingerprint density at radius 3 is 2.56 bits per heavy atom. The van der Waals surface area contributed by atoms with Crippen LogP contribution in [0.5, 0.6) is 5.75 Å². The molecule has 96 valence electrons. The topological polar surface area (TPSA) is 81.7 Å². The molecule has 0 bridgehead atoms. The third kappa shape index (κ3) is 3.31. The van der Waals surface area contributed by atoms with Crippen LogP contribution in [0, 0.1) is 0 Å². The highest BCUT2D eigenvalue weighted by atomic mass is 16.5. The second kappa shape index (κ2) is 6.39. The largest absolute Gasteiger partial charge is 0.494 e. The van der Waals surface area contributed by atoms with Crippen LogP contribution in [0.4, 0.5) is 5.69 Å². The lowest BCUT2D eigenvalue weighted by atomic mass is 10.3. The van der Waals surface area contributed by atoms with E-state index in [1.54, 1.807) is 13.0 Å². The SMILES string of the molecule is CCOC(=O)C(=O)Nc1c(OC)ccccc1=O. The molecule has 0 atom stereocenters. The Morgan fingerprint density at radius 1 is 1.28 bits per heavy atom. The molecule has 1 amide bonds. The lowest BCUT2D eigenvalue weighted by Crippen LogP contribution is -2.27. The first-order chi connectivity index (χ1) is 8.60. The molecule has 0 aliphatic carbocycles. The molecule has 0 heterocycles. The number of methoxy groups -OCH3 is 1. The molecule has 18 heavy (non-hydrogen) atoms. The average Bonchev–Trinajstić information content (AvgIpc) is 2.52. The number of carbonyl (C=O) groups excluding carboxylic acids is 2. The molecule has 0 spiro atoms. The van der Waals surface area contributed by atoms with Gasteiger partial charge in [0.25, 0.3) is 0 Å². The van der Waals surface area contributed by atoms with Crippen molar-refractivity contribution in [2.75, 3.05) is 19.0 Å². The Kier molecular flexibility index (Phi) is 4.86. The van der Waals surface area contributed by atoms with Crippen LogP contribution in [0.1, 0.15) is 6.92 Å². The summed E-state index contributed by atoms with van der Waals surface area (Å²) in [7, 11) is 1.36. The zero-order valence-corrected chi connectivity index (χ0v) is 10.1. The van der Waals surface area contributed by atoms with Crippen LogP contribution in [0.2, 0.25) is 0 Å². The minimum Gasteiger partial charge on any atom is -0.494 e. The summed E-state index contributed by atoms with van der Waals surface area (Å²) >= 11 is 0. The maximum absolute atomic E-state index is 11.7. The molecular formula is C12H13NO5. The highest BCUT2D eigenvalue weighted by Crippen LogP contribution is 2.17. The average molecular weight is 251 g/mol. The van der Waals surface area contributed by atoms with Gasteiger partial charge in [0.1, 0.15) is 11.4 Å². The van der Waals surface area contributed by atoms with E-state index < -0.39 is 17.3 Å². The van der Waals surface area contributed by atoms with E-state index in [9.17, 15) is 14.4 Å². The quantitative estimate of drug-likeness (QED) is 0.627. The van der Waals surface area contributed by atoms with Gasteiger partial charge in [-0.05, 0) is 19.1 Å². The van der Waals surface area contributed by atoms with Gasteiger partial charge < -0.3 is 14.8 Å². The molecule has 0 unspecified atom stereocenters. The van der Waals surface area contributed by atoms with E-state index in [0.29, 0.717) is 0 Å². The maximum atomic E-state index is 11.7. The molecule has 1 N–H and O–H groups in total. The second-order valence-corrected chi connectivity index (χ2v) is 3.20. The van der Waals surface area contributed by atoms with Gasteiger partial charge >= 0.3 is 11.9 Å². The Morgan fingerprint density at radius 2 is 1.94 bits per heavy atom. The van der Waals surface area contributed by atoms with Crippen molar-refractivity contribution in [3.05, 3.63) is 34.5 Å². The third-order valence-corrected chi connectivity index (χ3v) is 2.02. The van der Waals surface area contributed by atoms with Crippen molar-refractivity contribution in [3.8, 4) is 5.75 Å². The molecule has 0 radical (unpaired) electrons. The van der Waals surface area contributed by atoms with Crippen molar-refractivity contribution in [3.63, 3.8) is 0 Å². The first kappa shape index (κ1) is 13.7. The standard InChI is InChI=1S/C12H13NO5/c1-3-18-12(16)11(15)13-10-8(14)6-4-5-7-9(10)17-2/h4-7H,3H2,1-2H3,(H,13,14,15). The molecule has 1 aromatic carbocycles. The van der Waals surface area contributed by atoms with Crippen molar-refractivity contribution in [2.24, 2.45) is 0 Å². The molecule has 6 heteroatoms. The van der Waals surface area contributed by atoms with Gasteiger partial charge in [-0.25, -0.2) is 4.79 Å². The Bertz CT molecular complexity index is 512. The van der Waals surface area contributed by atoms with E-state index in [0.717, 1.165) is 0 Å². The molecule has 0 saturated heterocycles. The van der Waals surface area contributed by atoms with Crippen LogP contribution in [0.3, 0.4) is 0 Å². The van der Waals surface area contributed by atoms with Gasteiger partial charge in [-0.15, -0.1) is 0 Å². The van der Waals surface area contributed by atoms with Crippen LogP contribution in [0.15, 0.2) is 29.1 Å². The molecule has 1 rings (SSSR count). The third-order valence-electron chi connectivity index (χ3n) is 2.02. The molecule has 0 aliphatic heterocycles. The van der Waals surface area contributed by atoms with E-state index in [2.05, 4.69) is 10.1 Å². The van der Waals surface area contributed by atoms with Gasteiger partial charge in [0.05, 0.1) is 13.7 Å². The number of hydrogen-bond acceptors (Lipinski definition) is 5. The summed E-state index contributed by atoms with van der Waals surface area (Å²) in [6.07, 6.45) is 0. The van der Waals surface area contributed by atoms with E-state index in [1.807, 2.05) is 0 Å². The van der Waals surface area contributed by atoms with E-state index in [1.165, 1.54) is 25.3 Å². The molecule has 0 aliphatic rings. The highest BCUT2D eigenvalue weighted by molar-refractivity contribution is 6.37. The predicted octanol–water partition coefficient (Wildman–Crippen LogP) is 0.557. The zero-order valence-electron chi connectivity index (χ0n) is 10.1. The Hall–Kier alpha value is -2.37. The van der Waals surface area contributed by atoms with Crippen LogP contribution in [-0.2, 0) is 14.3 Å². The number of amides is 1. The molecule has 1 aromatic rings. The number of ether oxygens (including phenoxy) is 2. The maximum Gasteiger partial charge on any atom is 0.397 e. The first-order valence-electron chi connectivity index (χ1n) is 5.25. The number of anilines is 1. The summed E-state index contributed by atoms with van der Waals surface area (Å²) in [5, 5.41) is 2.18. The van der Waals surface area contributed by atoms with Crippen LogP contribution in [0.25, 0.3) is 0 Å². The minimum atomic E-state index is -1.05. The summed E-state index contributed by atoms with van der Waals surface area (Å²) in [4.78, 5) is 34.3.